The third kappa shape index (κ3) is 16.7. The van der Waals surface area contributed by atoms with Gasteiger partial charge in [-0.25, -0.2) is 28.6 Å². The zero-order valence-corrected chi connectivity index (χ0v) is 33.6. The number of fused-ring (bicyclic) bond motifs is 1. The van der Waals surface area contributed by atoms with E-state index in [9.17, 15) is 56.2 Å². The first kappa shape index (κ1) is 47.3. The van der Waals surface area contributed by atoms with Gasteiger partial charge in [-0.2, -0.15) is 25.9 Å². The van der Waals surface area contributed by atoms with E-state index in [1.165, 1.54) is 0 Å². The number of nitrogens with one attached hydrogen (secondary N) is 3. The van der Waals surface area contributed by atoms with Gasteiger partial charge in [0.25, 0.3) is 11.4 Å². The highest BCUT2D eigenvalue weighted by Gasteiger charge is 2.49. The van der Waals surface area contributed by atoms with E-state index in [0.29, 0.717) is 16.1 Å². The summed E-state index contributed by atoms with van der Waals surface area (Å²) < 4.78 is 91.0. The third-order valence-electron chi connectivity index (χ3n) is 8.63. The van der Waals surface area contributed by atoms with Crippen LogP contribution in [0.2, 0.25) is 0 Å². The number of carbonyl (C=O) groups is 4. The number of ether oxygens (including phenoxy) is 7. The Hall–Kier alpha value is -6.34. The molecule has 0 aromatic heterocycles. The van der Waals surface area contributed by atoms with Crippen molar-refractivity contribution in [3.05, 3.63) is 68.8 Å². The highest BCUT2D eigenvalue weighted by molar-refractivity contribution is 7.88. The summed E-state index contributed by atoms with van der Waals surface area (Å²) in [5.41, 5.74) is -0.561. The smallest absolute Gasteiger partial charge is 0.449 e. The van der Waals surface area contributed by atoms with Gasteiger partial charge in [-0.05, 0) is 54.9 Å². The van der Waals surface area contributed by atoms with Crippen molar-refractivity contribution in [1.29, 1.82) is 0 Å². The minimum Gasteiger partial charge on any atom is -0.449 e. The first-order valence-corrected chi connectivity index (χ1v) is 21.1. The van der Waals surface area contributed by atoms with E-state index in [1.807, 2.05) is 0 Å². The van der Waals surface area contributed by atoms with Crippen LogP contribution in [0.3, 0.4) is 0 Å². The summed E-state index contributed by atoms with van der Waals surface area (Å²) in [6.45, 7) is -3.96. The zero-order chi connectivity index (χ0) is 44.4. The van der Waals surface area contributed by atoms with Crippen molar-refractivity contribution in [2.45, 2.75) is 25.7 Å². The van der Waals surface area contributed by atoms with Gasteiger partial charge in [0.2, 0.25) is 0 Å². The molecule has 1 saturated carbocycles. The molecule has 0 heterocycles. The minimum atomic E-state index is -4.80. The van der Waals surface area contributed by atoms with Crippen molar-refractivity contribution in [3.63, 3.8) is 0 Å². The van der Waals surface area contributed by atoms with Gasteiger partial charge in [-0.1, -0.05) is 0 Å². The highest BCUT2D eigenvalue weighted by atomic mass is 32.2. The molecule has 3 N–H and O–H groups in total. The molecule has 61 heavy (non-hydrogen) atoms. The number of carbonyl (C=O) groups excluding carboxylic acids is 4. The number of nitro benzene ring substituents is 2. The molecular weight excluding hydrogens is 861 g/mol. The number of benzene rings is 2. The maximum absolute atomic E-state index is 13.1. The molecule has 0 radical (unpaired) electrons. The van der Waals surface area contributed by atoms with Gasteiger partial charge >= 0.3 is 44.9 Å². The minimum absolute atomic E-state index is 0.0873. The van der Waals surface area contributed by atoms with Gasteiger partial charge in [0, 0.05) is 56.7 Å². The largest absolute Gasteiger partial charge is 0.513 e. The average Bonchev–Trinajstić information content (AvgIpc) is 3.84. The number of rotatable bonds is 22. The molecule has 0 saturated heterocycles. The Bertz CT molecular complexity index is 2070. The van der Waals surface area contributed by atoms with Crippen molar-refractivity contribution in [1.82, 2.24) is 18.5 Å². The molecule has 1 fully saturated rings. The molecule has 2 aromatic rings. The van der Waals surface area contributed by atoms with Crippen LogP contribution in [0.25, 0.3) is 0 Å². The van der Waals surface area contributed by atoms with Crippen LogP contribution in [-0.2, 0) is 44.1 Å². The predicted molar refractivity (Wildman–Crippen MR) is 204 cm³/mol. The lowest BCUT2D eigenvalue weighted by molar-refractivity contribution is -0.385. The second-order valence-corrected chi connectivity index (χ2v) is 15.8. The Kier molecular flexibility index (Phi) is 17.7. The zero-order valence-electron chi connectivity index (χ0n) is 32.0. The fraction of sp³-hybridized carbons (Fsp3) is 0.471. The number of nitrogens with zero attached hydrogens (tertiary/aromatic N) is 3. The summed E-state index contributed by atoms with van der Waals surface area (Å²) in [5.74, 6) is 6.85. The summed E-state index contributed by atoms with van der Waals surface area (Å²) >= 11 is 0. The molecule has 0 aliphatic heterocycles. The van der Waals surface area contributed by atoms with Crippen LogP contribution in [0, 0.1) is 49.8 Å². The van der Waals surface area contributed by atoms with Crippen LogP contribution in [0.4, 0.5) is 30.6 Å². The van der Waals surface area contributed by atoms with Gasteiger partial charge in [-0.3, -0.25) is 20.2 Å². The van der Waals surface area contributed by atoms with E-state index in [4.69, 9.17) is 33.2 Å². The molecule has 27 heteroatoms. The van der Waals surface area contributed by atoms with Crippen molar-refractivity contribution in [3.8, 4) is 23.3 Å². The SMILES string of the molecule is O=C(NS(=O)(=O)NCCOCCOC(=O)NS(=O)(=O)N(CCOC(=O)Oc1ccc([N+](=O)[O-])cc1)CCOC(=O)Oc1ccc([N+](=O)[O-])cc1)OC[C@@H]1[C@@H]2CCC#CCC[C@@H]21. The molecule has 0 spiro atoms. The lowest BCUT2D eigenvalue weighted by Gasteiger charge is -2.21. The Morgan fingerprint density at radius 1 is 0.672 bits per heavy atom. The standard InChI is InChI=1S/C34H40N6O19S2/c41-31(57-23-30-28-5-3-1-2-4-6-29(28)30)36-60(49,50)35-15-18-53-21-22-54-32(42)37-61(51,52)38(16-19-55-33(43)58-26-11-7-24(8-12-26)39(45)46)17-20-56-34(44)59-27-13-9-25(10-14-27)40(47)48/h7-14,28-30,35H,3-6,15-23H2,(H,36,41)(H,37,42)/t28-,29+,30-. The van der Waals surface area contributed by atoms with E-state index in [-0.39, 0.29) is 55.2 Å². The lowest BCUT2D eigenvalue weighted by Crippen LogP contribution is -2.46. The number of non-ortho nitro benzene ring substituents is 2. The number of hydrogen-bond acceptors (Lipinski definition) is 19. The molecule has 4 rings (SSSR count). The molecule has 2 amide bonds. The molecule has 2 aliphatic rings. The maximum Gasteiger partial charge on any atom is 0.513 e. The number of hydrogen-bond donors (Lipinski definition) is 3. The van der Waals surface area contributed by atoms with Gasteiger partial charge in [0.05, 0.1) is 29.7 Å². The highest BCUT2D eigenvalue weighted by Crippen LogP contribution is 2.52. The maximum atomic E-state index is 13.1. The molecule has 3 atom stereocenters. The molecule has 0 bridgehead atoms. The van der Waals surface area contributed by atoms with Crippen molar-refractivity contribution in [2.75, 3.05) is 59.3 Å². The summed E-state index contributed by atoms with van der Waals surface area (Å²) in [6, 6.07) is 8.69. The van der Waals surface area contributed by atoms with Crippen LogP contribution in [0.15, 0.2) is 48.5 Å². The molecular formula is C34H40N6O19S2. The van der Waals surface area contributed by atoms with Crippen molar-refractivity contribution < 1.29 is 79.0 Å². The fourth-order valence-electron chi connectivity index (χ4n) is 5.71. The van der Waals surface area contributed by atoms with Crippen molar-refractivity contribution in [2.24, 2.45) is 17.8 Å². The monoisotopic (exact) mass is 900 g/mol. The Balaban J connectivity index is 1.17. The second-order valence-electron chi connectivity index (χ2n) is 12.7. The van der Waals surface area contributed by atoms with Crippen molar-refractivity contribution >= 4 is 56.3 Å². The van der Waals surface area contributed by atoms with E-state index in [0.717, 1.165) is 74.2 Å². The van der Waals surface area contributed by atoms with Gasteiger partial charge < -0.3 is 33.2 Å². The van der Waals surface area contributed by atoms with Crippen LogP contribution < -0.4 is 23.6 Å². The van der Waals surface area contributed by atoms with E-state index in [2.05, 4.69) is 16.6 Å². The fourth-order valence-corrected chi connectivity index (χ4v) is 7.44. The topological polar surface area (TPSA) is 327 Å². The Labute approximate surface area is 347 Å². The first-order valence-electron chi connectivity index (χ1n) is 18.1. The number of nitro groups is 2. The van der Waals surface area contributed by atoms with E-state index < -0.39 is 87.7 Å². The molecule has 0 unspecified atom stereocenters. The predicted octanol–water partition coefficient (Wildman–Crippen LogP) is 2.52. The van der Waals surface area contributed by atoms with E-state index in [1.54, 1.807) is 9.44 Å². The molecule has 2 aromatic carbocycles. The Morgan fingerprint density at radius 3 is 1.66 bits per heavy atom. The molecule has 2 aliphatic carbocycles. The molecule has 332 valence electrons. The third-order valence-corrected chi connectivity index (χ3v) is 11.1. The first-order chi connectivity index (χ1) is 29.0. The lowest BCUT2D eigenvalue weighted by atomic mass is 10.1. The summed E-state index contributed by atoms with van der Waals surface area (Å²) in [5, 5.41) is 21.6. The summed E-state index contributed by atoms with van der Waals surface area (Å²) in [7, 11) is -9.10. The number of amides is 2. The van der Waals surface area contributed by atoms with Gasteiger partial charge in [-0.15, -0.1) is 11.8 Å². The van der Waals surface area contributed by atoms with Crippen LogP contribution >= 0.6 is 0 Å². The summed E-state index contributed by atoms with van der Waals surface area (Å²) in [4.78, 5) is 69.0. The van der Waals surface area contributed by atoms with Gasteiger partial charge in [0.1, 0.15) is 31.3 Å². The second kappa shape index (κ2) is 22.9. The van der Waals surface area contributed by atoms with Crippen LogP contribution in [0.1, 0.15) is 25.7 Å². The summed E-state index contributed by atoms with van der Waals surface area (Å²) in [6.07, 6.45) is -1.91. The van der Waals surface area contributed by atoms with Crippen LogP contribution in [0.5, 0.6) is 11.5 Å². The van der Waals surface area contributed by atoms with Gasteiger partial charge in [0.15, 0.2) is 0 Å². The van der Waals surface area contributed by atoms with E-state index >= 15 is 0 Å². The average molecular weight is 901 g/mol. The normalized spacial score (nSPS) is 16.8. The van der Waals surface area contributed by atoms with Crippen LogP contribution in [-0.4, -0.2) is 115 Å². The Morgan fingerprint density at radius 2 is 1.16 bits per heavy atom. The quantitative estimate of drug-likeness (QED) is 0.0291. The molecule has 25 nitrogen and oxygen atoms in total.